The largest absolute Gasteiger partial charge is 0.382 e. The molecule has 1 unspecified atom stereocenters. The summed E-state index contributed by atoms with van der Waals surface area (Å²) in [6.45, 7) is 2.25. The number of nitrogens with zero attached hydrogens (tertiary/aromatic N) is 4. The lowest BCUT2D eigenvalue weighted by Crippen LogP contribution is -2.34. The smallest absolute Gasteiger partial charge is 0.234 e. The van der Waals surface area contributed by atoms with Gasteiger partial charge in [0.1, 0.15) is 18.2 Å². The van der Waals surface area contributed by atoms with Crippen molar-refractivity contribution in [3.63, 3.8) is 0 Å². The Hall–Kier alpha value is -1.74. The summed E-state index contributed by atoms with van der Waals surface area (Å²) in [6, 6.07) is 0. The molecule has 2 aromatic heterocycles. The maximum absolute atomic E-state index is 11.5. The number of hydrogen-bond acceptors (Lipinski definition) is 6. The van der Waals surface area contributed by atoms with Gasteiger partial charge in [-0.3, -0.25) is 9.36 Å². The van der Waals surface area contributed by atoms with Crippen LogP contribution in [0.25, 0.3) is 11.2 Å². The third-order valence-electron chi connectivity index (χ3n) is 2.37. The molecule has 2 heterocycles. The van der Waals surface area contributed by atoms with E-state index in [1.807, 2.05) is 6.92 Å². The molecule has 1 amide bonds. The lowest BCUT2D eigenvalue weighted by molar-refractivity contribution is -0.125. The Morgan fingerprint density at radius 2 is 2.37 bits per heavy atom. The van der Waals surface area contributed by atoms with Crippen molar-refractivity contribution in [3.05, 3.63) is 12.7 Å². The van der Waals surface area contributed by atoms with Gasteiger partial charge in [-0.1, -0.05) is 15.9 Å². The minimum Gasteiger partial charge on any atom is -0.382 e. The van der Waals surface area contributed by atoms with E-state index in [1.165, 1.54) is 12.7 Å². The van der Waals surface area contributed by atoms with Gasteiger partial charge in [0.25, 0.3) is 0 Å². The number of alkyl halides is 1. The summed E-state index contributed by atoms with van der Waals surface area (Å²) in [6.07, 6.45) is 2.16. The number of nitrogens with one attached hydrogen (secondary N) is 1. The van der Waals surface area contributed by atoms with Gasteiger partial charge in [0.2, 0.25) is 12.3 Å². The van der Waals surface area contributed by atoms with E-state index < -0.39 is 6.35 Å². The van der Waals surface area contributed by atoms with E-state index in [4.69, 9.17) is 10.5 Å². The summed E-state index contributed by atoms with van der Waals surface area (Å²) in [5.41, 5.74) is 6.68. The van der Waals surface area contributed by atoms with Gasteiger partial charge in [0.05, 0.1) is 5.33 Å². The number of carbonyl (C=O) groups is 1. The molecule has 0 fully saturated rings. The lowest BCUT2D eigenvalue weighted by atomic mass is 10.5. The van der Waals surface area contributed by atoms with E-state index in [9.17, 15) is 4.79 Å². The van der Waals surface area contributed by atoms with Crippen LogP contribution < -0.4 is 11.1 Å². The number of fused-ring (bicyclic) bond motifs is 1. The summed E-state index contributed by atoms with van der Waals surface area (Å²) >= 11 is 3.08. The van der Waals surface area contributed by atoms with Crippen LogP contribution in [0.5, 0.6) is 0 Å². The van der Waals surface area contributed by atoms with E-state index in [0.717, 1.165) is 0 Å². The Kier molecular flexibility index (Phi) is 4.27. The highest BCUT2D eigenvalue weighted by molar-refractivity contribution is 9.09. The van der Waals surface area contributed by atoms with Crippen LogP contribution in [0.2, 0.25) is 0 Å². The predicted octanol–water partition coefficient (Wildman–Crippen LogP) is 0.412. The van der Waals surface area contributed by atoms with Crippen molar-refractivity contribution in [2.24, 2.45) is 0 Å². The molecule has 1 atom stereocenters. The van der Waals surface area contributed by atoms with Crippen molar-refractivity contribution in [1.29, 1.82) is 0 Å². The number of ether oxygens (including phenoxy) is 1. The van der Waals surface area contributed by atoms with Crippen LogP contribution in [0, 0.1) is 0 Å². The average molecular weight is 329 g/mol. The van der Waals surface area contributed by atoms with Crippen LogP contribution in [0.4, 0.5) is 5.82 Å². The number of halogens is 1. The van der Waals surface area contributed by atoms with Crippen molar-refractivity contribution in [1.82, 2.24) is 24.8 Å². The highest BCUT2D eigenvalue weighted by Crippen LogP contribution is 2.18. The Balaban J connectivity index is 2.38. The van der Waals surface area contributed by atoms with Gasteiger partial charge in [0, 0.05) is 6.61 Å². The maximum atomic E-state index is 11.5. The molecule has 0 aliphatic carbocycles. The molecule has 0 saturated carbocycles. The summed E-state index contributed by atoms with van der Waals surface area (Å²) in [5, 5.41) is 2.88. The fourth-order valence-electron chi connectivity index (χ4n) is 1.57. The van der Waals surface area contributed by atoms with Crippen LogP contribution in [-0.4, -0.2) is 37.4 Å². The second kappa shape index (κ2) is 5.93. The van der Waals surface area contributed by atoms with E-state index in [2.05, 4.69) is 36.2 Å². The SMILES string of the molecule is CCOC(NC(=O)CBr)n1cnc2c(N)ncnc21. The van der Waals surface area contributed by atoms with Crippen LogP contribution in [0.15, 0.2) is 12.7 Å². The molecule has 0 radical (unpaired) electrons. The molecular weight excluding hydrogens is 316 g/mol. The summed E-state index contributed by atoms with van der Waals surface area (Å²) in [7, 11) is 0. The van der Waals surface area contributed by atoms with Crippen LogP contribution in [-0.2, 0) is 9.53 Å². The van der Waals surface area contributed by atoms with Gasteiger partial charge in [-0.15, -0.1) is 0 Å². The monoisotopic (exact) mass is 328 g/mol. The number of imidazole rings is 1. The first-order valence-corrected chi connectivity index (χ1v) is 6.69. The molecular formula is C10H13BrN6O2. The second-order valence-electron chi connectivity index (χ2n) is 3.59. The predicted molar refractivity (Wildman–Crippen MR) is 72.3 cm³/mol. The molecule has 19 heavy (non-hydrogen) atoms. The van der Waals surface area contributed by atoms with Gasteiger partial charge in [-0.25, -0.2) is 15.0 Å². The first-order chi connectivity index (χ1) is 9.17. The second-order valence-corrected chi connectivity index (χ2v) is 4.15. The third-order valence-corrected chi connectivity index (χ3v) is 2.88. The molecule has 2 aromatic rings. The van der Waals surface area contributed by atoms with Crippen molar-refractivity contribution >= 4 is 38.8 Å². The minimum absolute atomic E-state index is 0.181. The molecule has 3 N–H and O–H groups in total. The fourth-order valence-corrected chi connectivity index (χ4v) is 1.73. The van der Waals surface area contributed by atoms with Crippen molar-refractivity contribution in [2.45, 2.75) is 13.3 Å². The number of anilines is 1. The zero-order chi connectivity index (χ0) is 13.8. The van der Waals surface area contributed by atoms with E-state index in [-0.39, 0.29) is 17.1 Å². The van der Waals surface area contributed by atoms with Crippen molar-refractivity contribution in [2.75, 3.05) is 17.7 Å². The average Bonchev–Trinajstić information content (AvgIpc) is 2.83. The van der Waals surface area contributed by atoms with Crippen molar-refractivity contribution in [3.8, 4) is 0 Å². The molecule has 0 bridgehead atoms. The Bertz CT molecular complexity index is 586. The minimum atomic E-state index is -0.686. The highest BCUT2D eigenvalue weighted by atomic mass is 79.9. The first kappa shape index (κ1) is 13.7. The Labute approximate surface area is 117 Å². The number of rotatable bonds is 5. The van der Waals surface area contributed by atoms with E-state index in [1.54, 1.807) is 4.57 Å². The molecule has 0 spiro atoms. The summed E-state index contributed by atoms with van der Waals surface area (Å²) in [4.78, 5) is 23.6. The number of aromatic nitrogens is 4. The Morgan fingerprint density at radius 3 is 3.05 bits per heavy atom. The number of carbonyl (C=O) groups excluding carboxylic acids is 1. The molecule has 0 aliphatic heterocycles. The highest BCUT2D eigenvalue weighted by Gasteiger charge is 2.18. The molecule has 102 valence electrons. The zero-order valence-electron chi connectivity index (χ0n) is 10.2. The van der Waals surface area contributed by atoms with Gasteiger partial charge in [-0.2, -0.15) is 0 Å². The molecule has 2 rings (SSSR count). The standard InChI is InChI=1S/C10H13BrN6O2/c1-2-19-10(16-6(18)3-11)17-5-15-7-8(12)13-4-14-9(7)17/h4-5,10H,2-3H2,1H3,(H,16,18)(H2,12,13,14). The topological polar surface area (TPSA) is 108 Å². The zero-order valence-corrected chi connectivity index (χ0v) is 11.8. The number of amides is 1. The number of hydrogen-bond donors (Lipinski definition) is 2. The number of nitrogens with two attached hydrogens (primary N) is 1. The lowest BCUT2D eigenvalue weighted by Gasteiger charge is -2.19. The molecule has 0 aliphatic rings. The Morgan fingerprint density at radius 1 is 1.58 bits per heavy atom. The van der Waals surface area contributed by atoms with Gasteiger partial charge < -0.3 is 15.8 Å². The number of nitrogen functional groups attached to an aromatic ring is 1. The van der Waals surface area contributed by atoms with Gasteiger partial charge >= 0.3 is 0 Å². The molecule has 0 saturated heterocycles. The van der Waals surface area contributed by atoms with Gasteiger partial charge in [-0.05, 0) is 6.92 Å². The van der Waals surface area contributed by atoms with Crippen molar-refractivity contribution < 1.29 is 9.53 Å². The van der Waals surface area contributed by atoms with Crippen LogP contribution >= 0.6 is 15.9 Å². The third kappa shape index (κ3) is 2.82. The maximum Gasteiger partial charge on any atom is 0.234 e. The molecule has 9 heteroatoms. The quantitative estimate of drug-likeness (QED) is 0.608. The van der Waals surface area contributed by atoms with Gasteiger partial charge in [0.15, 0.2) is 11.5 Å². The van der Waals surface area contributed by atoms with E-state index in [0.29, 0.717) is 17.8 Å². The molecule has 8 nitrogen and oxygen atoms in total. The van der Waals surface area contributed by atoms with Crippen LogP contribution in [0.1, 0.15) is 13.3 Å². The summed E-state index contributed by atoms with van der Waals surface area (Å²) in [5.74, 6) is 0.0770. The first-order valence-electron chi connectivity index (χ1n) is 5.57. The molecule has 0 aromatic carbocycles. The normalized spacial score (nSPS) is 12.5. The fraction of sp³-hybridized carbons (Fsp3) is 0.400. The van der Waals surface area contributed by atoms with Crippen LogP contribution in [0.3, 0.4) is 0 Å². The summed E-state index contributed by atoms with van der Waals surface area (Å²) < 4.78 is 7.07. The van der Waals surface area contributed by atoms with E-state index >= 15 is 0 Å².